The molecule has 1 aromatic heterocycles. The maximum Gasteiger partial charge on any atom is 0.411 e. The number of carbonyl (C=O) groups is 1. The molecule has 0 atom stereocenters. The number of carbonyl (C=O) groups excluding carboxylic acids is 1. The quantitative estimate of drug-likeness (QED) is 0.924. The number of nitrogens with one attached hydrogen (secondary N) is 1. The van der Waals surface area contributed by atoms with Gasteiger partial charge in [0.1, 0.15) is 12.4 Å². The Morgan fingerprint density at radius 1 is 1.37 bits per heavy atom. The van der Waals surface area contributed by atoms with Crippen LogP contribution in [0.3, 0.4) is 0 Å². The number of rotatable bonds is 4. The first-order chi connectivity index (χ1) is 9.19. The molecular weight excluding hydrogens is 262 g/mol. The van der Waals surface area contributed by atoms with Gasteiger partial charge in [0.25, 0.3) is 0 Å². The molecule has 0 spiro atoms. The summed E-state index contributed by atoms with van der Waals surface area (Å²) in [6.07, 6.45) is -0.477. The third-order valence-corrected chi connectivity index (χ3v) is 3.34. The van der Waals surface area contributed by atoms with Crippen molar-refractivity contribution in [2.24, 2.45) is 0 Å². The van der Waals surface area contributed by atoms with Gasteiger partial charge in [0.2, 0.25) is 0 Å². The van der Waals surface area contributed by atoms with Crippen LogP contribution in [0.2, 0.25) is 0 Å². The van der Waals surface area contributed by atoms with Crippen LogP contribution in [0.4, 0.5) is 10.5 Å². The van der Waals surface area contributed by atoms with Gasteiger partial charge in [-0.15, -0.1) is 0 Å². The van der Waals surface area contributed by atoms with E-state index in [0.717, 1.165) is 22.6 Å². The third-order valence-electron chi connectivity index (χ3n) is 2.61. The normalized spacial score (nSPS) is 10.0. The van der Waals surface area contributed by atoms with E-state index in [0.29, 0.717) is 6.61 Å². The highest BCUT2D eigenvalue weighted by Crippen LogP contribution is 2.22. The molecule has 1 N–H and O–H groups in total. The Morgan fingerprint density at radius 3 is 2.84 bits per heavy atom. The molecule has 0 aliphatic rings. The molecule has 0 radical (unpaired) electrons. The zero-order valence-corrected chi connectivity index (χ0v) is 11.6. The molecule has 2 rings (SSSR count). The summed E-state index contributed by atoms with van der Waals surface area (Å²) in [5.41, 5.74) is 2.79. The third kappa shape index (κ3) is 3.72. The maximum atomic E-state index is 11.1. The topological polar surface area (TPSA) is 47.6 Å². The number of thiophene rings is 1. The molecule has 0 bridgehead atoms. The van der Waals surface area contributed by atoms with E-state index in [4.69, 9.17) is 4.74 Å². The van der Waals surface area contributed by atoms with Gasteiger partial charge in [-0.3, -0.25) is 5.32 Å². The van der Waals surface area contributed by atoms with Gasteiger partial charge >= 0.3 is 6.09 Å². The highest BCUT2D eigenvalue weighted by atomic mass is 32.1. The van der Waals surface area contributed by atoms with E-state index < -0.39 is 6.09 Å². The Hall–Kier alpha value is -2.01. The van der Waals surface area contributed by atoms with Crippen LogP contribution in [0.15, 0.2) is 35.0 Å². The molecular formula is C14H15NO3S. The molecule has 0 saturated heterocycles. The van der Waals surface area contributed by atoms with Crippen LogP contribution < -0.4 is 10.1 Å². The molecule has 5 heteroatoms. The lowest BCUT2D eigenvalue weighted by Crippen LogP contribution is -2.11. The number of hydrogen-bond donors (Lipinski definition) is 1. The molecule has 19 heavy (non-hydrogen) atoms. The Morgan fingerprint density at radius 2 is 2.21 bits per heavy atom. The molecule has 0 saturated carbocycles. The number of aryl methyl sites for hydroxylation is 1. The van der Waals surface area contributed by atoms with Crippen LogP contribution >= 0.6 is 11.3 Å². The fraction of sp³-hybridized carbons (Fsp3) is 0.214. The molecule has 4 nitrogen and oxygen atoms in total. The number of benzene rings is 1. The molecule has 0 aliphatic heterocycles. The van der Waals surface area contributed by atoms with E-state index in [1.807, 2.05) is 30.5 Å². The standard InChI is InChI=1S/C14H15NO3S/c1-10-7-12(18-8-11-5-6-19-9-11)3-4-13(10)15-14(16)17-2/h3-7,9H,8H2,1-2H3,(H,15,16). The number of amides is 1. The summed E-state index contributed by atoms with van der Waals surface area (Å²) in [5.74, 6) is 0.777. The van der Waals surface area contributed by atoms with Gasteiger partial charge in [-0.2, -0.15) is 11.3 Å². The van der Waals surface area contributed by atoms with Crippen molar-refractivity contribution in [3.8, 4) is 5.75 Å². The van der Waals surface area contributed by atoms with Crippen LogP contribution in [0.5, 0.6) is 5.75 Å². The van der Waals surface area contributed by atoms with Crippen molar-refractivity contribution in [3.63, 3.8) is 0 Å². The largest absolute Gasteiger partial charge is 0.489 e. The molecule has 2 aromatic rings. The minimum absolute atomic E-state index is 0.477. The van der Waals surface area contributed by atoms with Crippen LogP contribution in [0, 0.1) is 6.92 Å². The van der Waals surface area contributed by atoms with Gasteiger partial charge in [-0.1, -0.05) is 0 Å². The lowest BCUT2D eigenvalue weighted by Gasteiger charge is -2.10. The Bertz CT molecular complexity index is 552. The summed E-state index contributed by atoms with van der Waals surface area (Å²) in [7, 11) is 1.34. The van der Waals surface area contributed by atoms with Crippen molar-refractivity contribution in [2.45, 2.75) is 13.5 Å². The predicted octanol–water partition coefficient (Wildman–Crippen LogP) is 3.81. The Kier molecular flexibility index (Phi) is 4.41. The molecule has 100 valence electrons. The average Bonchev–Trinajstić information content (AvgIpc) is 2.92. The van der Waals surface area contributed by atoms with Crippen molar-refractivity contribution in [2.75, 3.05) is 12.4 Å². The van der Waals surface area contributed by atoms with Crippen molar-refractivity contribution in [1.29, 1.82) is 0 Å². The lowest BCUT2D eigenvalue weighted by molar-refractivity contribution is 0.187. The van der Waals surface area contributed by atoms with E-state index >= 15 is 0 Å². The van der Waals surface area contributed by atoms with Gasteiger partial charge in [-0.05, 0) is 53.1 Å². The second-order valence-corrected chi connectivity index (χ2v) is 4.79. The van der Waals surface area contributed by atoms with E-state index in [9.17, 15) is 4.79 Å². The number of anilines is 1. The summed E-state index contributed by atoms with van der Waals surface area (Å²) in [6, 6.07) is 7.54. The SMILES string of the molecule is COC(=O)Nc1ccc(OCc2ccsc2)cc1C. The molecule has 1 aromatic carbocycles. The Labute approximate surface area is 116 Å². The molecule has 1 amide bonds. The zero-order valence-electron chi connectivity index (χ0n) is 10.8. The first kappa shape index (κ1) is 13.4. The molecule has 0 unspecified atom stereocenters. The summed E-state index contributed by atoms with van der Waals surface area (Å²) in [5, 5.41) is 6.72. The fourth-order valence-electron chi connectivity index (χ4n) is 1.57. The van der Waals surface area contributed by atoms with E-state index in [2.05, 4.69) is 15.4 Å². The summed E-state index contributed by atoms with van der Waals surface area (Å²) in [6.45, 7) is 2.45. The van der Waals surface area contributed by atoms with Crippen molar-refractivity contribution >= 4 is 23.1 Å². The fourth-order valence-corrected chi connectivity index (χ4v) is 2.22. The smallest absolute Gasteiger partial charge is 0.411 e. The van der Waals surface area contributed by atoms with Gasteiger partial charge < -0.3 is 9.47 Å². The monoisotopic (exact) mass is 277 g/mol. The van der Waals surface area contributed by atoms with Crippen LogP contribution in [-0.2, 0) is 11.3 Å². The van der Waals surface area contributed by atoms with Gasteiger partial charge in [0, 0.05) is 5.69 Å². The van der Waals surface area contributed by atoms with Crippen LogP contribution in [0.1, 0.15) is 11.1 Å². The highest BCUT2D eigenvalue weighted by Gasteiger charge is 2.05. The number of ether oxygens (including phenoxy) is 2. The van der Waals surface area contributed by atoms with Crippen LogP contribution in [-0.4, -0.2) is 13.2 Å². The van der Waals surface area contributed by atoms with E-state index in [-0.39, 0.29) is 0 Å². The predicted molar refractivity (Wildman–Crippen MR) is 75.9 cm³/mol. The minimum Gasteiger partial charge on any atom is -0.489 e. The summed E-state index contributed by atoms with van der Waals surface area (Å²) in [4.78, 5) is 11.1. The number of methoxy groups -OCH3 is 1. The first-order valence-electron chi connectivity index (χ1n) is 5.78. The Balaban J connectivity index is 2.00. The van der Waals surface area contributed by atoms with Crippen molar-refractivity contribution < 1.29 is 14.3 Å². The van der Waals surface area contributed by atoms with Crippen LogP contribution in [0.25, 0.3) is 0 Å². The second kappa shape index (κ2) is 6.24. The summed E-state index contributed by atoms with van der Waals surface area (Å²) >= 11 is 1.65. The van der Waals surface area contributed by atoms with Gasteiger partial charge in [0.15, 0.2) is 0 Å². The lowest BCUT2D eigenvalue weighted by atomic mass is 10.2. The van der Waals surface area contributed by atoms with E-state index in [1.165, 1.54) is 7.11 Å². The van der Waals surface area contributed by atoms with E-state index in [1.54, 1.807) is 17.4 Å². The minimum atomic E-state index is -0.477. The molecule has 0 fully saturated rings. The maximum absolute atomic E-state index is 11.1. The van der Waals surface area contributed by atoms with Gasteiger partial charge in [-0.25, -0.2) is 4.79 Å². The molecule has 1 heterocycles. The van der Waals surface area contributed by atoms with Crippen molar-refractivity contribution in [1.82, 2.24) is 0 Å². The van der Waals surface area contributed by atoms with Crippen molar-refractivity contribution in [3.05, 3.63) is 46.2 Å². The zero-order chi connectivity index (χ0) is 13.7. The molecule has 0 aliphatic carbocycles. The first-order valence-corrected chi connectivity index (χ1v) is 6.73. The number of hydrogen-bond acceptors (Lipinski definition) is 4. The average molecular weight is 277 g/mol. The van der Waals surface area contributed by atoms with Gasteiger partial charge in [0.05, 0.1) is 7.11 Å². The highest BCUT2D eigenvalue weighted by molar-refractivity contribution is 7.07. The summed E-state index contributed by atoms with van der Waals surface area (Å²) < 4.78 is 10.2. The second-order valence-electron chi connectivity index (χ2n) is 4.01.